The zero-order chi connectivity index (χ0) is 15.6. The largest absolute Gasteiger partial charge is 0.478 e. The van der Waals surface area contributed by atoms with E-state index >= 15 is 0 Å². The lowest BCUT2D eigenvalue weighted by molar-refractivity contribution is -0.385. The lowest BCUT2D eigenvalue weighted by Crippen LogP contribution is -2.01. The molecule has 0 atom stereocenters. The minimum atomic E-state index is -1.08. The fraction of sp³-hybridized carbons (Fsp3) is 0.0714. The topological polar surface area (TPSA) is 92.5 Å². The van der Waals surface area contributed by atoms with Gasteiger partial charge in [0.1, 0.15) is 5.82 Å². The molecule has 0 radical (unpaired) electrons. The molecule has 0 bridgehead atoms. The third-order valence-electron chi connectivity index (χ3n) is 2.85. The van der Waals surface area contributed by atoms with Gasteiger partial charge in [-0.05, 0) is 30.7 Å². The van der Waals surface area contributed by atoms with Crippen LogP contribution in [0, 0.1) is 22.9 Å². The number of nitro benzene ring substituents is 1. The Hall–Kier alpha value is -2.96. The fourth-order valence-electron chi connectivity index (χ4n) is 1.85. The molecule has 7 heteroatoms. The van der Waals surface area contributed by atoms with E-state index in [-0.39, 0.29) is 16.9 Å². The number of carboxylic acid groups (broad SMARTS) is 1. The van der Waals surface area contributed by atoms with Gasteiger partial charge in [0.25, 0.3) is 5.69 Å². The number of hydrogen-bond acceptors (Lipinski definition) is 4. The smallest absolute Gasteiger partial charge is 0.336 e. The van der Waals surface area contributed by atoms with Crippen molar-refractivity contribution < 1.29 is 19.2 Å². The van der Waals surface area contributed by atoms with E-state index in [4.69, 9.17) is 5.11 Å². The number of halogens is 1. The van der Waals surface area contributed by atoms with Gasteiger partial charge in [0, 0.05) is 17.4 Å². The quantitative estimate of drug-likeness (QED) is 0.664. The number of carbonyl (C=O) groups is 1. The van der Waals surface area contributed by atoms with Crippen LogP contribution in [-0.4, -0.2) is 16.0 Å². The van der Waals surface area contributed by atoms with Crippen LogP contribution in [0.4, 0.5) is 21.5 Å². The third kappa shape index (κ3) is 3.33. The fourth-order valence-corrected chi connectivity index (χ4v) is 1.85. The van der Waals surface area contributed by atoms with Crippen molar-refractivity contribution in [3.05, 3.63) is 63.5 Å². The maximum absolute atomic E-state index is 13.3. The molecular weight excluding hydrogens is 279 g/mol. The summed E-state index contributed by atoms with van der Waals surface area (Å²) in [4.78, 5) is 21.0. The summed E-state index contributed by atoms with van der Waals surface area (Å²) in [6.07, 6.45) is 0. The Morgan fingerprint density at radius 2 is 1.95 bits per heavy atom. The highest BCUT2D eigenvalue weighted by Gasteiger charge is 2.11. The maximum atomic E-state index is 13.3. The highest BCUT2D eigenvalue weighted by molar-refractivity contribution is 5.90. The first-order chi connectivity index (χ1) is 9.86. The lowest BCUT2D eigenvalue weighted by Gasteiger charge is -2.09. The molecule has 21 heavy (non-hydrogen) atoms. The van der Waals surface area contributed by atoms with Crippen LogP contribution in [-0.2, 0) is 0 Å². The Morgan fingerprint density at radius 1 is 1.24 bits per heavy atom. The summed E-state index contributed by atoms with van der Waals surface area (Å²) in [6, 6.07) is 7.66. The minimum Gasteiger partial charge on any atom is -0.478 e. The van der Waals surface area contributed by atoms with Crippen molar-refractivity contribution in [2.75, 3.05) is 5.32 Å². The zero-order valence-electron chi connectivity index (χ0n) is 11.0. The first kappa shape index (κ1) is 14.4. The summed E-state index contributed by atoms with van der Waals surface area (Å²) in [7, 11) is 0. The van der Waals surface area contributed by atoms with E-state index in [1.807, 2.05) is 0 Å². The van der Waals surface area contributed by atoms with Crippen molar-refractivity contribution in [1.29, 1.82) is 0 Å². The van der Waals surface area contributed by atoms with Crippen molar-refractivity contribution in [2.24, 2.45) is 0 Å². The first-order valence-electron chi connectivity index (χ1n) is 5.93. The molecule has 0 aromatic heterocycles. The van der Waals surface area contributed by atoms with Gasteiger partial charge in [-0.2, -0.15) is 0 Å². The number of non-ortho nitro benzene ring substituents is 1. The molecule has 2 N–H and O–H groups in total. The van der Waals surface area contributed by atoms with Gasteiger partial charge in [0.05, 0.1) is 16.6 Å². The highest BCUT2D eigenvalue weighted by Crippen LogP contribution is 2.24. The van der Waals surface area contributed by atoms with Gasteiger partial charge in [-0.25, -0.2) is 9.18 Å². The van der Waals surface area contributed by atoms with Crippen molar-refractivity contribution >= 4 is 23.0 Å². The summed E-state index contributed by atoms with van der Waals surface area (Å²) < 4.78 is 13.3. The van der Waals surface area contributed by atoms with E-state index in [2.05, 4.69) is 5.32 Å². The van der Waals surface area contributed by atoms with Crippen LogP contribution in [0.2, 0.25) is 0 Å². The molecule has 0 amide bonds. The van der Waals surface area contributed by atoms with E-state index in [1.54, 1.807) is 19.1 Å². The van der Waals surface area contributed by atoms with E-state index in [0.29, 0.717) is 11.3 Å². The van der Waals surface area contributed by atoms with Crippen LogP contribution < -0.4 is 5.32 Å². The molecule has 0 saturated carbocycles. The molecule has 0 saturated heterocycles. The van der Waals surface area contributed by atoms with Gasteiger partial charge in [-0.1, -0.05) is 6.07 Å². The van der Waals surface area contributed by atoms with Crippen LogP contribution in [0.3, 0.4) is 0 Å². The molecule has 0 aliphatic rings. The molecule has 2 aromatic rings. The standard InChI is InChI=1S/C14H11FN2O4/c1-8-2-3-10(7-13(8)14(18)19)16-11-4-9(15)5-12(6-11)17(20)21/h2-7,16H,1H3,(H,18,19). The number of benzene rings is 2. The molecule has 2 rings (SSSR count). The molecular formula is C14H11FN2O4. The van der Waals surface area contributed by atoms with Crippen LogP contribution in [0.15, 0.2) is 36.4 Å². The van der Waals surface area contributed by atoms with E-state index in [9.17, 15) is 19.3 Å². The molecule has 2 aromatic carbocycles. The average Bonchev–Trinajstić information content (AvgIpc) is 2.40. The SMILES string of the molecule is Cc1ccc(Nc2cc(F)cc([N+](=O)[O-])c2)cc1C(=O)O. The number of nitrogens with one attached hydrogen (secondary N) is 1. The number of anilines is 2. The van der Waals surface area contributed by atoms with Gasteiger partial charge in [0.15, 0.2) is 0 Å². The Labute approximate surface area is 119 Å². The van der Waals surface area contributed by atoms with E-state index in [0.717, 1.165) is 12.1 Å². The summed E-state index contributed by atoms with van der Waals surface area (Å²) >= 11 is 0. The maximum Gasteiger partial charge on any atom is 0.336 e. The second-order valence-electron chi connectivity index (χ2n) is 4.42. The summed E-state index contributed by atoms with van der Waals surface area (Å²) in [5.74, 6) is -1.83. The molecule has 0 aliphatic carbocycles. The third-order valence-corrected chi connectivity index (χ3v) is 2.85. The Balaban J connectivity index is 2.36. The van der Waals surface area contributed by atoms with E-state index in [1.165, 1.54) is 12.1 Å². The number of hydrogen-bond donors (Lipinski definition) is 2. The number of aromatic carboxylic acids is 1. The Morgan fingerprint density at radius 3 is 2.57 bits per heavy atom. The van der Waals surface area contributed by atoms with Crippen LogP contribution in [0.5, 0.6) is 0 Å². The number of nitro groups is 1. The molecule has 108 valence electrons. The van der Waals surface area contributed by atoms with Gasteiger partial charge >= 0.3 is 5.97 Å². The predicted octanol–water partition coefficient (Wildman–Crippen LogP) is 3.48. The summed E-state index contributed by atoms with van der Waals surface area (Å²) in [5, 5.41) is 22.5. The predicted molar refractivity (Wildman–Crippen MR) is 74.5 cm³/mol. The molecule has 0 heterocycles. The number of nitrogens with zero attached hydrogens (tertiary/aromatic N) is 1. The highest BCUT2D eigenvalue weighted by atomic mass is 19.1. The van der Waals surface area contributed by atoms with Gasteiger partial charge in [0.2, 0.25) is 0 Å². The summed E-state index contributed by atoms with van der Waals surface area (Å²) in [6.45, 7) is 1.65. The molecule has 0 spiro atoms. The number of carboxylic acids is 1. The van der Waals surface area contributed by atoms with Gasteiger partial charge in [-0.3, -0.25) is 10.1 Å². The number of aryl methyl sites for hydroxylation is 1. The van der Waals surface area contributed by atoms with Crippen molar-refractivity contribution in [2.45, 2.75) is 6.92 Å². The first-order valence-corrected chi connectivity index (χ1v) is 5.93. The molecule has 0 aliphatic heterocycles. The Kier molecular flexibility index (Phi) is 3.84. The van der Waals surface area contributed by atoms with Gasteiger partial charge in [-0.15, -0.1) is 0 Å². The second kappa shape index (κ2) is 5.58. The van der Waals surface area contributed by atoms with E-state index < -0.39 is 16.7 Å². The van der Waals surface area contributed by atoms with Crippen LogP contribution in [0.1, 0.15) is 15.9 Å². The van der Waals surface area contributed by atoms with Crippen molar-refractivity contribution in [1.82, 2.24) is 0 Å². The lowest BCUT2D eigenvalue weighted by atomic mass is 10.1. The molecule has 6 nitrogen and oxygen atoms in total. The number of rotatable bonds is 4. The van der Waals surface area contributed by atoms with Gasteiger partial charge < -0.3 is 10.4 Å². The minimum absolute atomic E-state index is 0.103. The average molecular weight is 290 g/mol. The van der Waals surface area contributed by atoms with Crippen LogP contribution >= 0.6 is 0 Å². The monoisotopic (exact) mass is 290 g/mol. The molecule has 0 fully saturated rings. The van der Waals surface area contributed by atoms with Crippen molar-refractivity contribution in [3.8, 4) is 0 Å². The van der Waals surface area contributed by atoms with Crippen molar-refractivity contribution in [3.63, 3.8) is 0 Å². The van der Waals surface area contributed by atoms with Crippen LogP contribution in [0.25, 0.3) is 0 Å². The second-order valence-corrected chi connectivity index (χ2v) is 4.42. The zero-order valence-corrected chi connectivity index (χ0v) is 11.0. The molecule has 0 unspecified atom stereocenters. The summed E-state index contributed by atoms with van der Waals surface area (Å²) in [5.41, 5.74) is 0.868. The normalized spacial score (nSPS) is 10.2. The Bertz CT molecular complexity index is 731.